The van der Waals surface area contributed by atoms with E-state index in [1.54, 1.807) is 0 Å². The van der Waals surface area contributed by atoms with Crippen molar-refractivity contribution in [2.45, 2.75) is 58.5 Å². The van der Waals surface area contributed by atoms with E-state index in [4.69, 9.17) is 5.26 Å². The number of aromatic nitrogens is 1. The molecule has 0 bridgehead atoms. The first kappa shape index (κ1) is 14.1. The first-order valence-electron chi connectivity index (χ1n) is 7.42. The molecule has 1 aromatic heterocycles. The fourth-order valence-corrected chi connectivity index (χ4v) is 3.12. The molecule has 2 rings (SSSR count). The van der Waals surface area contributed by atoms with E-state index in [9.17, 15) is 0 Å². The second kappa shape index (κ2) is 6.25. The Morgan fingerprint density at radius 1 is 1.42 bits per heavy atom. The molecule has 1 heterocycles. The van der Waals surface area contributed by atoms with Crippen LogP contribution in [0.2, 0.25) is 0 Å². The average Bonchev–Trinajstić information content (AvgIpc) is 2.73. The molecular weight excluding hydrogens is 234 g/mol. The Hall–Kier alpha value is -1.27. The second-order valence-corrected chi connectivity index (χ2v) is 5.88. The van der Waals surface area contributed by atoms with Gasteiger partial charge in [0.25, 0.3) is 0 Å². The Labute approximate surface area is 116 Å². The van der Waals surface area contributed by atoms with E-state index in [1.807, 2.05) is 17.7 Å². The highest BCUT2D eigenvalue weighted by Gasteiger charge is 2.20. The minimum atomic E-state index is 0.574. The maximum atomic E-state index is 9.05. The molecule has 0 spiro atoms. The van der Waals surface area contributed by atoms with Crippen molar-refractivity contribution in [3.8, 4) is 6.07 Å². The number of nitrogens with one attached hydrogen (secondary N) is 1. The van der Waals surface area contributed by atoms with Gasteiger partial charge in [0.2, 0.25) is 0 Å². The zero-order valence-corrected chi connectivity index (χ0v) is 12.4. The Balaban J connectivity index is 1.93. The van der Waals surface area contributed by atoms with Gasteiger partial charge in [-0.2, -0.15) is 5.26 Å². The molecule has 104 valence electrons. The van der Waals surface area contributed by atoms with E-state index in [2.05, 4.69) is 25.2 Å². The van der Waals surface area contributed by atoms with E-state index in [0.29, 0.717) is 6.04 Å². The van der Waals surface area contributed by atoms with Crippen molar-refractivity contribution in [1.82, 2.24) is 9.88 Å². The summed E-state index contributed by atoms with van der Waals surface area (Å²) < 4.78 is 1.97. The predicted molar refractivity (Wildman–Crippen MR) is 77.7 cm³/mol. The molecule has 0 aliphatic heterocycles. The topological polar surface area (TPSA) is 40.8 Å². The van der Waals surface area contributed by atoms with E-state index in [0.717, 1.165) is 18.2 Å². The highest BCUT2D eigenvalue weighted by Crippen LogP contribution is 2.26. The molecule has 1 aliphatic rings. The van der Waals surface area contributed by atoms with Gasteiger partial charge in [-0.3, -0.25) is 0 Å². The fraction of sp³-hybridized carbons (Fsp3) is 0.688. The summed E-state index contributed by atoms with van der Waals surface area (Å²) in [6.07, 6.45) is 6.92. The molecule has 0 unspecified atom stereocenters. The van der Waals surface area contributed by atoms with Crippen LogP contribution in [-0.2, 0) is 13.6 Å². The molecule has 3 nitrogen and oxygen atoms in total. The Morgan fingerprint density at radius 2 is 2.11 bits per heavy atom. The zero-order chi connectivity index (χ0) is 13.8. The Bertz CT molecular complexity index is 461. The highest BCUT2D eigenvalue weighted by molar-refractivity contribution is 5.34. The van der Waals surface area contributed by atoms with Gasteiger partial charge < -0.3 is 9.88 Å². The minimum absolute atomic E-state index is 0.574. The first-order valence-corrected chi connectivity index (χ1v) is 7.42. The molecule has 0 saturated heterocycles. The maximum absolute atomic E-state index is 9.05. The van der Waals surface area contributed by atoms with Crippen LogP contribution in [0.5, 0.6) is 0 Å². The average molecular weight is 259 g/mol. The van der Waals surface area contributed by atoms with Crippen molar-refractivity contribution >= 4 is 0 Å². The van der Waals surface area contributed by atoms with Crippen molar-refractivity contribution < 1.29 is 0 Å². The lowest BCUT2D eigenvalue weighted by Gasteiger charge is -2.28. The summed E-state index contributed by atoms with van der Waals surface area (Å²) in [5.41, 5.74) is 3.20. The lowest BCUT2D eigenvalue weighted by molar-refractivity contribution is 0.280. The van der Waals surface area contributed by atoms with Crippen molar-refractivity contribution in [2.75, 3.05) is 0 Å². The van der Waals surface area contributed by atoms with Crippen molar-refractivity contribution in [2.24, 2.45) is 13.0 Å². The van der Waals surface area contributed by atoms with Gasteiger partial charge in [0.15, 0.2) is 0 Å². The number of nitrogens with zero attached hydrogens (tertiary/aromatic N) is 2. The largest absolute Gasteiger partial charge is 0.340 e. The summed E-state index contributed by atoms with van der Waals surface area (Å²) in [6, 6.07) is 4.83. The van der Waals surface area contributed by atoms with Gasteiger partial charge in [-0.1, -0.05) is 19.3 Å². The molecule has 1 aromatic rings. The summed E-state index contributed by atoms with van der Waals surface area (Å²) in [5, 5.41) is 12.7. The van der Waals surface area contributed by atoms with Crippen LogP contribution in [0.1, 0.15) is 56.0 Å². The summed E-state index contributed by atoms with van der Waals surface area (Å²) in [7, 11) is 1.96. The summed E-state index contributed by atoms with van der Waals surface area (Å²) in [5.74, 6) is 0.827. The maximum Gasteiger partial charge on any atom is 0.120 e. The number of hydrogen-bond donors (Lipinski definition) is 1. The lowest BCUT2D eigenvalue weighted by atomic mass is 9.84. The van der Waals surface area contributed by atoms with Crippen molar-refractivity contribution in [3.05, 3.63) is 23.0 Å². The standard InChI is InChI=1S/C16H25N3/c1-12(14-7-5-4-6-8-14)18-11-15-9-16(10-17)19(3)13(15)2/h9,12,14,18H,4-8,11H2,1-3H3/t12-/m0/s1. The SMILES string of the molecule is Cc1c(CN[C@@H](C)C2CCCCC2)cc(C#N)n1C. The van der Waals surface area contributed by atoms with Gasteiger partial charge in [-0.15, -0.1) is 0 Å². The van der Waals surface area contributed by atoms with Crippen LogP contribution in [0.4, 0.5) is 0 Å². The molecule has 0 aromatic carbocycles. The van der Waals surface area contributed by atoms with Gasteiger partial charge in [-0.05, 0) is 44.2 Å². The van der Waals surface area contributed by atoms with Crippen molar-refractivity contribution in [3.63, 3.8) is 0 Å². The van der Waals surface area contributed by atoms with E-state index in [-0.39, 0.29) is 0 Å². The van der Waals surface area contributed by atoms with Crippen LogP contribution in [0.25, 0.3) is 0 Å². The van der Waals surface area contributed by atoms with Gasteiger partial charge >= 0.3 is 0 Å². The van der Waals surface area contributed by atoms with Gasteiger partial charge in [0.1, 0.15) is 11.8 Å². The van der Waals surface area contributed by atoms with Crippen LogP contribution < -0.4 is 5.32 Å². The lowest BCUT2D eigenvalue weighted by Crippen LogP contribution is -2.34. The highest BCUT2D eigenvalue weighted by atomic mass is 15.0. The summed E-state index contributed by atoms with van der Waals surface area (Å²) >= 11 is 0. The van der Waals surface area contributed by atoms with E-state index < -0.39 is 0 Å². The molecule has 3 heteroatoms. The first-order chi connectivity index (χ1) is 9.13. The Morgan fingerprint density at radius 3 is 2.68 bits per heavy atom. The smallest absolute Gasteiger partial charge is 0.120 e. The molecular formula is C16H25N3. The van der Waals surface area contributed by atoms with Crippen LogP contribution >= 0.6 is 0 Å². The molecule has 0 radical (unpaired) electrons. The van der Waals surface area contributed by atoms with E-state index >= 15 is 0 Å². The Kier molecular flexibility index (Phi) is 4.66. The predicted octanol–water partition coefficient (Wildman–Crippen LogP) is 3.26. The molecule has 0 amide bonds. The third kappa shape index (κ3) is 3.19. The van der Waals surface area contributed by atoms with Crippen LogP contribution in [-0.4, -0.2) is 10.6 Å². The molecule has 1 N–H and O–H groups in total. The fourth-order valence-electron chi connectivity index (χ4n) is 3.12. The van der Waals surface area contributed by atoms with E-state index in [1.165, 1.54) is 43.4 Å². The third-order valence-corrected chi connectivity index (χ3v) is 4.73. The minimum Gasteiger partial charge on any atom is -0.340 e. The normalized spacial score (nSPS) is 18.2. The van der Waals surface area contributed by atoms with Gasteiger partial charge in [-0.25, -0.2) is 0 Å². The molecule has 1 aliphatic carbocycles. The monoisotopic (exact) mass is 259 g/mol. The van der Waals surface area contributed by atoms with Crippen LogP contribution in [0, 0.1) is 24.2 Å². The van der Waals surface area contributed by atoms with Crippen LogP contribution in [0.3, 0.4) is 0 Å². The molecule has 1 atom stereocenters. The second-order valence-electron chi connectivity index (χ2n) is 5.88. The quantitative estimate of drug-likeness (QED) is 0.901. The number of hydrogen-bond acceptors (Lipinski definition) is 2. The summed E-state index contributed by atoms with van der Waals surface area (Å²) in [6.45, 7) is 5.27. The van der Waals surface area contributed by atoms with Crippen molar-refractivity contribution in [1.29, 1.82) is 5.26 Å². The van der Waals surface area contributed by atoms with Gasteiger partial charge in [0.05, 0.1) is 0 Å². The molecule has 1 fully saturated rings. The zero-order valence-electron chi connectivity index (χ0n) is 12.4. The third-order valence-electron chi connectivity index (χ3n) is 4.73. The van der Waals surface area contributed by atoms with Gasteiger partial charge in [0, 0.05) is 25.3 Å². The molecule has 19 heavy (non-hydrogen) atoms. The number of nitriles is 1. The molecule has 1 saturated carbocycles. The summed E-state index contributed by atoms with van der Waals surface area (Å²) in [4.78, 5) is 0. The number of rotatable bonds is 4. The van der Waals surface area contributed by atoms with Crippen LogP contribution in [0.15, 0.2) is 6.07 Å².